The summed E-state index contributed by atoms with van der Waals surface area (Å²) in [6, 6.07) is 5.89. The standard InChI is InChI=1S/C15H23N3O2/c1-5-11-9-7-8-10(3)12(11)17-14(19)15(4,6-2)13(16)18-20/h7-9,20H,5-6H2,1-4H3,(H2,16,18)(H,17,19). The molecule has 0 aromatic heterocycles. The van der Waals surface area contributed by atoms with E-state index in [4.69, 9.17) is 10.9 Å². The van der Waals surface area contributed by atoms with E-state index in [0.717, 1.165) is 23.2 Å². The SMILES string of the molecule is CCc1cccc(C)c1NC(=O)C(C)(CC)/C(N)=N/O. The Kier molecular flexibility index (Phi) is 5.13. The quantitative estimate of drug-likeness (QED) is 0.334. The molecule has 1 rings (SSSR count). The van der Waals surface area contributed by atoms with Crippen molar-refractivity contribution in [1.29, 1.82) is 0 Å². The van der Waals surface area contributed by atoms with E-state index in [1.54, 1.807) is 6.92 Å². The minimum absolute atomic E-state index is 0.0795. The molecule has 1 amide bonds. The van der Waals surface area contributed by atoms with Gasteiger partial charge in [-0.1, -0.05) is 37.2 Å². The number of nitrogens with one attached hydrogen (secondary N) is 1. The van der Waals surface area contributed by atoms with Crippen molar-refractivity contribution >= 4 is 17.4 Å². The number of nitrogens with zero attached hydrogens (tertiary/aromatic N) is 1. The van der Waals surface area contributed by atoms with Gasteiger partial charge in [0.15, 0.2) is 5.84 Å². The fourth-order valence-electron chi connectivity index (χ4n) is 2.02. The first-order valence-corrected chi connectivity index (χ1v) is 6.78. The van der Waals surface area contributed by atoms with Crippen LogP contribution < -0.4 is 11.1 Å². The molecule has 5 nitrogen and oxygen atoms in total. The van der Waals surface area contributed by atoms with Gasteiger partial charge in [-0.15, -0.1) is 0 Å². The summed E-state index contributed by atoms with van der Waals surface area (Å²) in [5.74, 6) is -0.344. The number of hydrogen-bond donors (Lipinski definition) is 3. The number of carbonyl (C=O) groups excluding carboxylic acids is 1. The number of nitrogens with two attached hydrogens (primary N) is 1. The number of para-hydroxylation sites is 1. The van der Waals surface area contributed by atoms with Crippen LogP contribution in [0, 0.1) is 12.3 Å². The van der Waals surface area contributed by atoms with Gasteiger partial charge in [-0.25, -0.2) is 0 Å². The molecule has 0 spiro atoms. The van der Waals surface area contributed by atoms with E-state index in [0.29, 0.717) is 6.42 Å². The van der Waals surface area contributed by atoms with Crippen LogP contribution in [0.1, 0.15) is 38.3 Å². The Hall–Kier alpha value is -2.04. The first-order chi connectivity index (χ1) is 9.40. The highest BCUT2D eigenvalue weighted by molar-refractivity contribution is 6.11. The monoisotopic (exact) mass is 277 g/mol. The highest BCUT2D eigenvalue weighted by atomic mass is 16.4. The molecule has 1 atom stereocenters. The van der Waals surface area contributed by atoms with Crippen molar-refractivity contribution in [3.63, 3.8) is 0 Å². The minimum atomic E-state index is -1.03. The summed E-state index contributed by atoms with van der Waals surface area (Å²) >= 11 is 0. The number of carbonyl (C=O) groups is 1. The van der Waals surface area contributed by atoms with Crippen LogP contribution in [0.5, 0.6) is 0 Å². The van der Waals surface area contributed by atoms with Crippen LogP contribution in [-0.4, -0.2) is 17.0 Å². The first-order valence-electron chi connectivity index (χ1n) is 6.78. The molecule has 1 aromatic carbocycles. The first kappa shape index (κ1) is 16.0. The third kappa shape index (κ3) is 2.92. The topological polar surface area (TPSA) is 87.7 Å². The molecule has 0 fully saturated rings. The molecule has 0 aliphatic rings. The van der Waals surface area contributed by atoms with Gasteiger partial charge in [0, 0.05) is 5.69 Å². The maximum Gasteiger partial charge on any atom is 0.238 e. The third-order valence-electron chi connectivity index (χ3n) is 3.86. The van der Waals surface area contributed by atoms with Gasteiger partial charge in [-0.2, -0.15) is 0 Å². The Morgan fingerprint density at radius 3 is 2.60 bits per heavy atom. The van der Waals surface area contributed by atoms with Crippen LogP contribution in [0.2, 0.25) is 0 Å². The van der Waals surface area contributed by atoms with Crippen LogP contribution >= 0.6 is 0 Å². The summed E-state index contributed by atoms with van der Waals surface area (Å²) in [4.78, 5) is 12.5. The minimum Gasteiger partial charge on any atom is -0.409 e. The predicted octanol–water partition coefficient (Wildman–Crippen LogP) is 2.66. The smallest absolute Gasteiger partial charge is 0.238 e. The lowest BCUT2D eigenvalue weighted by Crippen LogP contribution is -2.44. The Morgan fingerprint density at radius 1 is 1.45 bits per heavy atom. The fourth-order valence-corrected chi connectivity index (χ4v) is 2.02. The molecule has 0 saturated carbocycles. The molecule has 0 saturated heterocycles. The van der Waals surface area contributed by atoms with Gasteiger partial charge in [-0.3, -0.25) is 4.79 Å². The summed E-state index contributed by atoms with van der Waals surface area (Å²) in [7, 11) is 0. The van der Waals surface area contributed by atoms with E-state index in [1.165, 1.54) is 0 Å². The zero-order valence-electron chi connectivity index (χ0n) is 12.5. The van der Waals surface area contributed by atoms with Crippen LogP contribution in [0.15, 0.2) is 23.4 Å². The molecule has 1 unspecified atom stereocenters. The second-order valence-electron chi connectivity index (χ2n) is 5.09. The van der Waals surface area contributed by atoms with Crippen molar-refractivity contribution in [3.05, 3.63) is 29.3 Å². The summed E-state index contributed by atoms with van der Waals surface area (Å²) in [6.07, 6.45) is 1.27. The molecule has 110 valence electrons. The number of amides is 1. The van der Waals surface area contributed by atoms with Gasteiger partial charge < -0.3 is 16.3 Å². The normalized spacial score (nSPS) is 14.7. The summed E-state index contributed by atoms with van der Waals surface area (Å²) in [5.41, 5.74) is 7.51. The number of benzene rings is 1. The summed E-state index contributed by atoms with van der Waals surface area (Å²) in [5, 5.41) is 14.8. The largest absolute Gasteiger partial charge is 0.409 e. The zero-order chi connectivity index (χ0) is 15.3. The second kappa shape index (κ2) is 6.41. The van der Waals surface area contributed by atoms with Crippen molar-refractivity contribution < 1.29 is 10.0 Å². The molecule has 1 aromatic rings. The van der Waals surface area contributed by atoms with Crippen molar-refractivity contribution in [2.75, 3.05) is 5.32 Å². The molecular formula is C15H23N3O2. The predicted molar refractivity (Wildman–Crippen MR) is 81.0 cm³/mol. The lowest BCUT2D eigenvalue weighted by molar-refractivity contribution is -0.121. The number of amidine groups is 1. The molecule has 5 heteroatoms. The van der Waals surface area contributed by atoms with E-state index in [9.17, 15) is 4.79 Å². The van der Waals surface area contributed by atoms with Crippen LogP contribution in [0.3, 0.4) is 0 Å². The molecule has 0 aliphatic heterocycles. The third-order valence-corrected chi connectivity index (χ3v) is 3.86. The maximum absolute atomic E-state index is 12.5. The molecular weight excluding hydrogens is 254 g/mol. The zero-order valence-corrected chi connectivity index (χ0v) is 12.5. The molecule has 20 heavy (non-hydrogen) atoms. The van der Waals surface area contributed by atoms with E-state index in [-0.39, 0.29) is 11.7 Å². The van der Waals surface area contributed by atoms with Crippen LogP contribution in [-0.2, 0) is 11.2 Å². The Bertz CT molecular complexity index is 526. The van der Waals surface area contributed by atoms with Crippen LogP contribution in [0.4, 0.5) is 5.69 Å². The molecule has 4 N–H and O–H groups in total. The van der Waals surface area contributed by atoms with Gasteiger partial charge in [0.1, 0.15) is 5.41 Å². The summed E-state index contributed by atoms with van der Waals surface area (Å²) < 4.78 is 0. The van der Waals surface area contributed by atoms with Crippen molar-refractivity contribution in [3.8, 4) is 0 Å². The highest BCUT2D eigenvalue weighted by Gasteiger charge is 2.36. The average molecular weight is 277 g/mol. The number of hydrogen-bond acceptors (Lipinski definition) is 3. The average Bonchev–Trinajstić information content (AvgIpc) is 2.47. The number of anilines is 1. The molecule has 0 bridgehead atoms. The van der Waals surface area contributed by atoms with Gasteiger partial charge in [0.05, 0.1) is 0 Å². The molecule has 0 aliphatic carbocycles. The lowest BCUT2D eigenvalue weighted by atomic mass is 9.85. The number of rotatable bonds is 5. The fraction of sp³-hybridized carbons (Fsp3) is 0.467. The van der Waals surface area contributed by atoms with Crippen molar-refractivity contribution in [2.45, 2.75) is 40.5 Å². The van der Waals surface area contributed by atoms with Crippen molar-refractivity contribution in [2.24, 2.45) is 16.3 Å². The Balaban J connectivity index is 3.13. The Labute approximate surface area is 119 Å². The molecule has 0 radical (unpaired) electrons. The second-order valence-corrected chi connectivity index (χ2v) is 5.09. The van der Waals surface area contributed by atoms with E-state index in [1.807, 2.05) is 39.0 Å². The number of oxime groups is 1. The van der Waals surface area contributed by atoms with Crippen LogP contribution in [0.25, 0.3) is 0 Å². The van der Waals surface area contributed by atoms with Gasteiger partial charge in [-0.05, 0) is 37.8 Å². The van der Waals surface area contributed by atoms with Gasteiger partial charge in [0.25, 0.3) is 0 Å². The number of aryl methyl sites for hydroxylation is 2. The van der Waals surface area contributed by atoms with E-state index >= 15 is 0 Å². The van der Waals surface area contributed by atoms with Gasteiger partial charge in [0.2, 0.25) is 5.91 Å². The summed E-state index contributed by atoms with van der Waals surface area (Å²) in [6.45, 7) is 7.48. The van der Waals surface area contributed by atoms with E-state index in [2.05, 4.69) is 10.5 Å². The highest BCUT2D eigenvalue weighted by Crippen LogP contribution is 2.27. The molecule has 0 heterocycles. The maximum atomic E-state index is 12.5. The Morgan fingerprint density at radius 2 is 2.10 bits per heavy atom. The lowest BCUT2D eigenvalue weighted by Gasteiger charge is -2.26. The van der Waals surface area contributed by atoms with E-state index < -0.39 is 5.41 Å². The van der Waals surface area contributed by atoms with Gasteiger partial charge >= 0.3 is 0 Å². The van der Waals surface area contributed by atoms with Crippen molar-refractivity contribution in [1.82, 2.24) is 0 Å².